The smallest absolute Gasteiger partial charge is 0.344 e. The lowest BCUT2D eigenvalue weighted by molar-refractivity contribution is -0.153. The molecule has 2 aliphatic rings. The fourth-order valence-electron chi connectivity index (χ4n) is 2.40. The first-order chi connectivity index (χ1) is 6.10. The fourth-order valence-corrected chi connectivity index (χ4v) is 2.40. The van der Waals surface area contributed by atoms with Crippen molar-refractivity contribution in [3.63, 3.8) is 0 Å². The lowest BCUT2D eigenvalue weighted by Gasteiger charge is -2.12. The van der Waals surface area contributed by atoms with Gasteiger partial charge < -0.3 is 9.84 Å². The Kier molecular flexibility index (Phi) is 1.84. The van der Waals surface area contributed by atoms with Crippen LogP contribution in [-0.4, -0.2) is 29.5 Å². The van der Waals surface area contributed by atoms with Gasteiger partial charge in [0.2, 0.25) is 5.67 Å². The molecule has 2 aliphatic carbocycles. The van der Waals surface area contributed by atoms with Crippen molar-refractivity contribution in [3.8, 4) is 0 Å². The molecule has 0 saturated heterocycles. The van der Waals surface area contributed by atoms with Crippen LogP contribution in [0.2, 0.25) is 0 Å². The van der Waals surface area contributed by atoms with Crippen LogP contribution >= 0.6 is 0 Å². The van der Waals surface area contributed by atoms with Crippen molar-refractivity contribution in [2.24, 2.45) is 11.8 Å². The van der Waals surface area contributed by atoms with E-state index in [1.54, 1.807) is 6.92 Å². The van der Waals surface area contributed by atoms with Gasteiger partial charge in [-0.3, -0.25) is 0 Å². The summed E-state index contributed by atoms with van der Waals surface area (Å²) in [5.41, 5.74) is -1.77. The zero-order valence-electron chi connectivity index (χ0n) is 7.50. The van der Waals surface area contributed by atoms with Crippen molar-refractivity contribution >= 4 is 5.97 Å². The topological polar surface area (TPSA) is 46.5 Å². The number of fused-ring (bicyclic) bond motifs is 1. The first-order valence-electron chi connectivity index (χ1n) is 4.64. The van der Waals surface area contributed by atoms with Crippen molar-refractivity contribution < 1.29 is 19.0 Å². The van der Waals surface area contributed by atoms with E-state index in [0.717, 1.165) is 0 Å². The Hall–Kier alpha value is -0.640. The van der Waals surface area contributed by atoms with Gasteiger partial charge in [-0.25, -0.2) is 9.18 Å². The zero-order chi connectivity index (χ0) is 9.64. The van der Waals surface area contributed by atoms with Crippen molar-refractivity contribution in [1.29, 1.82) is 0 Å². The maximum Gasteiger partial charge on any atom is 0.344 e. The van der Waals surface area contributed by atoms with E-state index in [-0.39, 0.29) is 18.4 Å². The average molecular weight is 188 g/mol. The molecule has 2 rings (SSSR count). The number of carbonyl (C=O) groups excluding carboxylic acids is 1. The minimum absolute atomic E-state index is 0.215. The molecular formula is C9H13FO3. The molecule has 2 atom stereocenters. The Morgan fingerprint density at radius 2 is 2.15 bits per heavy atom. The summed E-state index contributed by atoms with van der Waals surface area (Å²) < 4.78 is 18.4. The number of ether oxygens (including phenoxy) is 1. The molecule has 0 bridgehead atoms. The predicted octanol–water partition coefficient (Wildman–Crippen LogP) is 0.659. The highest BCUT2D eigenvalue weighted by molar-refractivity contribution is 5.84. The van der Waals surface area contributed by atoms with Crippen LogP contribution in [-0.2, 0) is 9.53 Å². The van der Waals surface area contributed by atoms with Gasteiger partial charge in [-0.1, -0.05) is 0 Å². The summed E-state index contributed by atoms with van der Waals surface area (Å²) in [6.07, 6.45) is 0.383. The number of aliphatic hydroxyl groups is 1. The SMILES string of the molecule is CCOC(=O)C1(F)[C@@H]2CC(O)C[C@H]21. The number of halogens is 1. The lowest BCUT2D eigenvalue weighted by atomic mass is 10.1. The van der Waals surface area contributed by atoms with Gasteiger partial charge in [-0.2, -0.15) is 0 Å². The minimum Gasteiger partial charge on any atom is -0.464 e. The molecule has 0 unspecified atom stereocenters. The van der Waals surface area contributed by atoms with Crippen LogP contribution in [0, 0.1) is 11.8 Å². The van der Waals surface area contributed by atoms with Gasteiger partial charge in [-0.15, -0.1) is 0 Å². The monoisotopic (exact) mass is 188 g/mol. The number of aliphatic hydroxyl groups excluding tert-OH is 1. The molecule has 3 nitrogen and oxygen atoms in total. The third-order valence-electron chi connectivity index (χ3n) is 3.10. The van der Waals surface area contributed by atoms with Crippen LogP contribution in [0.3, 0.4) is 0 Å². The number of esters is 1. The number of hydrogen-bond acceptors (Lipinski definition) is 3. The van der Waals surface area contributed by atoms with Crippen LogP contribution in [0.4, 0.5) is 4.39 Å². The molecule has 74 valence electrons. The van der Waals surface area contributed by atoms with E-state index in [2.05, 4.69) is 4.74 Å². The van der Waals surface area contributed by atoms with Crippen molar-refractivity contribution in [2.45, 2.75) is 31.5 Å². The lowest BCUT2D eigenvalue weighted by Crippen LogP contribution is -2.28. The highest BCUT2D eigenvalue weighted by Crippen LogP contribution is 2.63. The molecule has 2 fully saturated rings. The summed E-state index contributed by atoms with van der Waals surface area (Å²) in [7, 11) is 0. The Bertz CT molecular complexity index is 229. The summed E-state index contributed by atoms with van der Waals surface area (Å²) >= 11 is 0. The van der Waals surface area contributed by atoms with E-state index in [1.165, 1.54) is 0 Å². The molecule has 0 radical (unpaired) electrons. The van der Waals surface area contributed by atoms with E-state index in [9.17, 15) is 9.18 Å². The Balaban J connectivity index is 1.99. The maximum absolute atomic E-state index is 13.8. The van der Waals surface area contributed by atoms with Crippen LogP contribution < -0.4 is 0 Å². The van der Waals surface area contributed by atoms with E-state index in [4.69, 9.17) is 5.11 Å². The molecule has 0 aromatic rings. The number of carbonyl (C=O) groups is 1. The van der Waals surface area contributed by atoms with E-state index in [1.807, 2.05) is 0 Å². The molecule has 0 spiro atoms. The highest BCUT2D eigenvalue weighted by Gasteiger charge is 2.75. The molecule has 1 N–H and O–H groups in total. The predicted molar refractivity (Wildman–Crippen MR) is 42.7 cm³/mol. The average Bonchev–Trinajstić information content (AvgIpc) is 2.45. The minimum atomic E-state index is -1.77. The molecule has 0 amide bonds. The van der Waals surface area contributed by atoms with Crippen LogP contribution in [0.15, 0.2) is 0 Å². The summed E-state index contributed by atoms with van der Waals surface area (Å²) in [6, 6.07) is 0. The quantitative estimate of drug-likeness (QED) is 0.647. The van der Waals surface area contributed by atoms with Crippen LogP contribution in [0.25, 0.3) is 0 Å². The van der Waals surface area contributed by atoms with Gasteiger partial charge in [0.25, 0.3) is 0 Å². The first-order valence-corrected chi connectivity index (χ1v) is 4.64. The van der Waals surface area contributed by atoms with E-state index in [0.29, 0.717) is 12.8 Å². The largest absolute Gasteiger partial charge is 0.464 e. The van der Waals surface area contributed by atoms with Gasteiger partial charge in [0.1, 0.15) is 0 Å². The normalized spacial score (nSPS) is 43.0. The number of alkyl halides is 1. The third kappa shape index (κ3) is 1.08. The molecule has 0 aromatic carbocycles. The van der Waals surface area contributed by atoms with Crippen molar-refractivity contribution in [1.82, 2.24) is 0 Å². The highest BCUT2D eigenvalue weighted by atomic mass is 19.1. The van der Waals surface area contributed by atoms with Crippen LogP contribution in [0.1, 0.15) is 19.8 Å². The van der Waals surface area contributed by atoms with E-state index >= 15 is 0 Å². The molecular weight excluding hydrogens is 175 g/mol. The Labute approximate surface area is 75.9 Å². The molecule has 2 saturated carbocycles. The van der Waals surface area contributed by atoms with Gasteiger partial charge in [0, 0.05) is 11.8 Å². The van der Waals surface area contributed by atoms with Gasteiger partial charge >= 0.3 is 5.97 Å². The van der Waals surface area contributed by atoms with Gasteiger partial charge in [0.05, 0.1) is 12.7 Å². The second-order valence-corrected chi connectivity index (χ2v) is 3.83. The zero-order valence-corrected chi connectivity index (χ0v) is 7.50. The number of hydrogen-bond donors (Lipinski definition) is 1. The second kappa shape index (κ2) is 2.67. The second-order valence-electron chi connectivity index (χ2n) is 3.83. The summed E-state index contributed by atoms with van der Waals surface area (Å²) in [4.78, 5) is 11.2. The third-order valence-corrected chi connectivity index (χ3v) is 3.10. The molecule has 0 aromatic heterocycles. The first kappa shape index (κ1) is 8.94. The van der Waals surface area contributed by atoms with Gasteiger partial charge in [0.15, 0.2) is 0 Å². The van der Waals surface area contributed by atoms with Gasteiger partial charge in [-0.05, 0) is 19.8 Å². The van der Waals surface area contributed by atoms with E-state index < -0.39 is 17.7 Å². The van der Waals surface area contributed by atoms with Crippen LogP contribution in [0.5, 0.6) is 0 Å². The molecule has 4 heteroatoms. The van der Waals surface area contributed by atoms with Crippen molar-refractivity contribution in [3.05, 3.63) is 0 Å². The summed E-state index contributed by atoms with van der Waals surface area (Å²) in [5, 5.41) is 9.16. The number of rotatable bonds is 2. The Morgan fingerprint density at radius 1 is 1.62 bits per heavy atom. The fraction of sp³-hybridized carbons (Fsp3) is 0.889. The maximum atomic E-state index is 13.8. The standard InChI is InChI=1S/C9H13FO3/c1-2-13-8(12)9(10)6-3-5(11)4-7(6)9/h5-7,11H,2-4H2,1H3/t5?,6-,7-,9?/m1/s1. The van der Waals surface area contributed by atoms with Crippen molar-refractivity contribution in [2.75, 3.05) is 6.61 Å². The molecule has 0 aliphatic heterocycles. The summed E-state index contributed by atoms with van der Waals surface area (Å²) in [5.74, 6) is -1.32. The Morgan fingerprint density at radius 3 is 2.62 bits per heavy atom. The molecule has 13 heavy (non-hydrogen) atoms. The summed E-state index contributed by atoms with van der Waals surface area (Å²) in [6.45, 7) is 1.88. The molecule has 0 heterocycles.